The van der Waals surface area contributed by atoms with Gasteiger partial charge in [0.05, 0.1) is 6.54 Å². The molecule has 0 radical (unpaired) electrons. The van der Waals surface area contributed by atoms with E-state index in [2.05, 4.69) is 10.3 Å². The van der Waals surface area contributed by atoms with E-state index in [9.17, 15) is 4.79 Å². The predicted molar refractivity (Wildman–Crippen MR) is 66.1 cm³/mol. The van der Waals surface area contributed by atoms with Crippen molar-refractivity contribution >= 4 is 34.0 Å². The van der Waals surface area contributed by atoms with Crippen LogP contribution in [0.15, 0.2) is 0 Å². The standard InChI is InChI=1S/C10H11ClN4OS/c11-9-7(5-12)17-10(14-9)13-6-8(16)15-3-1-2-4-15/h1-4,6H2,(H,13,14). The lowest BCUT2D eigenvalue weighted by molar-refractivity contribution is -0.128. The average molecular weight is 271 g/mol. The predicted octanol–water partition coefficient (Wildman–Crippen LogP) is 1.70. The minimum Gasteiger partial charge on any atom is -0.352 e. The summed E-state index contributed by atoms with van der Waals surface area (Å²) in [5.41, 5.74) is 0. The van der Waals surface area contributed by atoms with Gasteiger partial charge >= 0.3 is 0 Å². The molecule has 1 aliphatic heterocycles. The minimum atomic E-state index is 0.0623. The molecule has 0 atom stereocenters. The minimum absolute atomic E-state index is 0.0623. The Morgan fingerprint density at radius 1 is 1.59 bits per heavy atom. The molecule has 17 heavy (non-hydrogen) atoms. The van der Waals surface area contributed by atoms with Crippen molar-refractivity contribution in [2.75, 3.05) is 25.0 Å². The van der Waals surface area contributed by atoms with Crippen LogP contribution in [0.1, 0.15) is 17.7 Å². The zero-order valence-corrected chi connectivity index (χ0v) is 10.6. The number of nitrogens with zero attached hydrogens (tertiary/aromatic N) is 3. The Hall–Kier alpha value is -1.32. The molecule has 1 N–H and O–H groups in total. The molecule has 2 heterocycles. The molecule has 0 aliphatic carbocycles. The van der Waals surface area contributed by atoms with Crippen LogP contribution in [-0.4, -0.2) is 35.4 Å². The van der Waals surface area contributed by atoms with Crippen LogP contribution in [0.3, 0.4) is 0 Å². The van der Waals surface area contributed by atoms with E-state index in [1.165, 1.54) is 0 Å². The summed E-state index contributed by atoms with van der Waals surface area (Å²) in [6, 6.07) is 1.95. The van der Waals surface area contributed by atoms with Crippen molar-refractivity contribution in [3.8, 4) is 6.07 Å². The summed E-state index contributed by atoms with van der Waals surface area (Å²) in [6.07, 6.45) is 2.15. The highest BCUT2D eigenvalue weighted by Gasteiger charge is 2.18. The summed E-state index contributed by atoms with van der Waals surface area (Å²) in [5.74, 6) is 0.0623. The van der Waals surface area contributed by atoms with E-state index in [1.54, 1.807) is 0 Å². The molecule has 5 nitrogen and oxygen atoms in total. The van der Waals surface area contributed by atoms with Gasteiger partial charge < -0.3 is 10.2 Å². The van der Waals surface area contributed by atoms with Crippen molar-refractivity contribution in [3.63, 3.8) is 0 Å². The zero-order chi connectivity index (χ0) is 12.3. The Bertz CT molecular complexity index is 461. The average Bonchev–Trinajstić information content (AvgIpc) is 2.95. The lowest BCUT2D eigenvalue weighted by Gasteiger charge is -2.14. The molecule has 90 valence electrons. The van der Waals surface area contributed by atoms with Gasteiger partial charge in [-0.3, -0.25) is 4.79 Å². The molecular formula is C10H11ClN4OS. The van der Waals surface area contributed by atoms with E-state index in [1.807, 2.05) is 11.0 Å². The molecule has 1 aromatic rings. The molecule has 0 spiro atoms. The first-order valence-electron chi connectivity index (χ1n) is 5.29. The number of hydrogen-bond donors (Lipinski definition) is 1. The van der Waals surface area contributed by atoms with Crippen molar-refractivity contribution in [1.29, 1.82) is 5.26 Å². The van der Waals surface area contributed by atoms with Gasteiger partial charge in [0.15, 0.2) is 10.3 Å². The first-order valence-corrected chi connectivity index (χ1v) is 6.48. The van der Waals surface area contributed by atoms with Crippen LogP contribution in [0.4, 0.5) is 5.13 Å². The number of nitrogens with one attached hydrogen (secondary N) is 1. The fraction of sp³-hybridized carbons (Fsp3) is 0.500. The number of aromatic nitrogens is 1. The molecule has 1 aliphatic rings. The highest BCUT2D eigenvalue weighted by molar-refractivity contribution is 7.16. The van der Waals surface area contributed by atoms with Crippen molar-refractivity contribution in [2.24, 2.45) is 0 Å². The number of amides is 1. The summed E-state index contributed by atoms with van der Waals surface area (Å²) in [4.78, 5) is 17.9. The summed E-state index contributed by atoms with van der Waals surface area (Å²) < 4.78 is 0. The Labute approximate surface area is 108 Å². The molecule has 0 bridgehead atoms. The van der Waals surface area contributed by atoms with E-state index in [-0.39, 0.29) is 17.6 Å². The van der Waals surface area contributed by atoms with Gasteiger partial charge in [0.2, 0.25) is 5.91 Å². The molecule has 7 heteroatoms. The van der Waals surface area contributed by atoms with Gasteiger partial charge in [-0.1, -0.05) is 22.9 Å². The third kappa shape index (κ3) is 2.87. The SMILES string of the molecule is N#Cc1sc(NCC(=O)N2CCCC2)nc1Cl. The largest absolute Gasteiger partial charge is 0.352 e. The first kappa shape index (κ1) is 12.1. The molecular weight excluding hydrogens is 260 g/mol. The van der Waals surface area contributed by atoms with Gasteiger partial charge in [0.1, 0.15) is 10.9 Å². The molecule has 1 fully saturated rings. The van der Waals surface area contributed by atoms with Crippen LogP contribution in [0.2, 0.25) is 5.15 Å². The quantitative estimate of drug-likeness (QED) is 0.908. The smallest absolute Gasteiger partial charge is 0.241 e. The van der Waals surface area contributed by atoms with Crippen LogP contribution < -0.4 is 5.32 Å². The van der Waals surface area contributed by atoms with Gasteiger partial charge in [-0.05, 0) is 12.8 Å². The first-order chi connectivity index (χ1) is 8.20. The van der Waals surface area contributed by atoms with Crippen LogP contribution in [0.25, 0.3) is 0 Å². The van der Waals surface area contributed by atoms with E-state index in [4.69, 9.17) is 16.9 Å². The van der Waals surface area contributed by atoms with Crippen molar-refractivity contribution < 1.29 is 4.79 Å². The van der Waals surface area contributed by atoms with Gasteiger partial charge in [0, 0.05) is 13.1 Å². The third-order valence-electron chi connectivity index (χ3n) is 2.54. The molecule has 0 unspecified atom stereocenters. The van der Waals surface area contributed by atoms with E-state index in [0.29, 0.717) is 10.0 Å². The second kappa shape index (κ2) is 5.34. The number of carbonyl (C=O) groups excluding carboxylic acids is 1. The van der Waals surface area contributed by atoms with Crippen molar-refractivity contribution in [1.82, 2.24) is 9.88 Å². The normalized spacial score (nSPS) is 14.7. The van der Waals surface area contributed by atoms with Crippen LogP contribution in [0, 0.1) is 11.3 Å². The number of likely N-dealkylation sites (tertiary alicyclic amines) is 1. The summed E-state index contributed by atoms with van der Waals surface area (Å²) in [5, 5.41) is 12.3. The highest BCUT2D eigenvalue weighted by Crippen LogP contribution is 2.25. The van der Waals surface area contributed by atoms with Crippen LogP contribution in [-0.2, 0) is 4.79 Å². The molecule has 1 saturated heterocycles. The Morgan fingerprint density at radius 3 is 2.88 bits per heavy atom. The number of anilines is 1. The molecule has 1 amide bonds. The van der Waals surface area contributed by atoms with E-state index < -0.39 is 0 Å². The Morgan fingerprint density at radius 2 is 2.29 bits per heavy atom. The number of thiazole rings is 1. The van der Waals surface area contributed by atoms with Gasteiger partial charge in [-0.15, -0.1) is 0 Å². The van der Waals surface area contributed by atoms with Crippen LogP contribution >= 0.6 is 22.9 Å². The summed E-state index contributed by atoms with van der Waals surface area (Å²) >= 11 is 6.89. The highest BCUT2D eigenvalue weighted by atomic mass is 35.5. The van der Waals surface area contributed by atoms with Gasteiger partial charge in [-0.2, -0.15) is 5.26 Å². The molecule has 0 saturated carbocycles. The lowest BCUT2D eigenvalue weighted by atomic mass is 10.4. The molecule has 2 rings (SSSR count). The number of carbonyl (C=O) groups is 1. The monoisotopic (exact) mass is 270 g/mol. The Balaban J connectivity index is 1.89. The lowest BCUT2D eigenvalue weighted by Crippen LogP contribution is -2.32. The van der Waals surface area contributed by atoms with Gasteiger partial charge in [-0.25, -0.2) is 4.98 Å². The number of halogens is 1. The maximum atomic E-state index is 11.7. The van der Waals surface area contributed by atoms with Gasteiger partial charge in [0.25, 0.3) is 0 Å². The second-order valence-electron chi connectivity index (χ2n) is 3.69. The number of hydrogen-bond acceptors (Lipinski definition) is 5. The fourth-order valence-corrected chi connectivity index (χ4v) is 2.62. The maximum Gasteiger partial charge on any atom is 0.241 e. The third-order valence-corrected chi connectivity index (χ3v) is 3.84. The van der Waals surface area contributed by atoms with Crippen molar-refractivity contribution in [2.45, 2.75) is 12.8 Å². The van der Waals surface area contributed by atoms with Crippen molar-refractivity contribution in [3.05, 3.63) is 10.0 Å². The van der Waals surface area contributed by atoms with Crippen LogP contribution in [0.5, 0.6) is 0 Å². The number of rotatable bonds is 3. The second-order valence-corrected chi connectivity index (χ2v) is 5.05. The fourth-order valence-electron chi connectivity index (χ4n) is 1.68. The topological polar surface area (TPSA) is 69.0 Å². The summed E-state index contributed by atoms with van der Waals surface area (Å²) in [7, 11) is 0. The molecule has 0 aromatic carbocycles. The zero-order valence-electron chi connectivity index (χ0n) is 9.07. The van der Waals surface area contributed by atoms with E-state index >= 15 is 0 Å². The molecule has 1 aromatic heterocycles. The maximum absolute atomic E-state index is 11.7. The summed E-state index contributed by atoms with van der Waals surface area (Å²) in [6.45, 7) is 1.87. The van der Waals surface area contributed by atoms with E-state index in [0.717, 1.165) is 37.3 Å². The number of nitriles is 1. The Kier molecular flexibility index (Phi) is 3.82.